The minimum absolute atomic E-state index is 0.553. The van der Waals surface area contributed by atoms with Gasteiger partial charge in [0.25, 0.3) is 0 Å². The third-order valence-electron chi connectivity index (χ3n) is 3.14. The van der Waals surface area contributed by atoms with Gasteiger partial charge >= 0.3 is 0 Å². The number of aromatic nitrogens is 2. The van der Waals surface area contributed by atoms with Crippen LogP contribution in [0.2, 0.25) is 5.15 Å². The van der Waals surface area contributed by atoms with Crippen LogP contribution in [0.1, 0.15) is 11.1 Å². The van der Waals surface area contributed by atoms with Gasteiger partial charge in [0, 0.05) is 11.8 Å². The van der Waals surface area contributed by atoms with Gasteiger partial charge in [0.05, 0.1) is 5.52 Å². The molecule has 0 aliphatic heterocycles. The molecule has 0 spiro atoms. The van der Waals surface area contributed by atoms with Crippen LogP contribution in [0, 0.1) is 13.8 Å². The largest absolute Gasteiger partial charge is 0.298 e. The number of fused-ring (bicyclic) bond motifs is 1. The maximum Gasteiger partial charge on any atom is 0.155 e. The maximum absolute atomic E-state index is 6.22. The molecular weight excluding hydrogens is 244 g/mol. The lowest BCUT2D eigenvalue weighted by Crippen LogP contribution is -1.91. The molecule has 3 aromatic rings. The SMILES string of the molecule is Cc1ccn2c(-c3ccccc3C)nc(Cl)c2c1. The van der Waals surface area contributed by atoms with Crippen molar-refractivity contribution in [2.24, 2.45) is 0 Å². The molecule has 2 aromatic heterocycles. The van der Waals surface area contributed by atoms with Crippen molar-refractivity contribution in [2.75, 3.05) is 0 Å². The highest BCUT2D eigenvalue weighted by molar-refractivity contribution is 6.32. The number of pyridine rings is 1. The van der Waals surface area contributed by atoms with Gasteiger partial charge < -0.3 is 0 Å². The Morgan fingerprint density at radius 3 is 2.67 bits per heavy atom. The first kappa shape index (κ1) is 11.3. The first-order valence-electron chi connectivity index (χ1n) is 5.87. The van der Waals surface area contributed by atoms with Crippen molar-refractivity contribution in [3.63, 3.8) is 0 Å². The van der Waals surface area contributed by atoms with Gasteiger partial charge in [-0.2, -0.15) is 0 Å². The lowest BCUT2D eigenvalue weighted by Gasteiger charge is -2.04. The van der Waals surface area contributed by atoms with Crippen molar-refractivity contribution in [2.45, 2.75) is 13.8 Å². The lowest BCUT2D eigenvalue weighted by molar-refractivity contribution is 1.15. The number of halogens is 1. The second-order valence-corrected chi connectivity index (χ2v) is 4.86. The summed E-state index contributed by atoms with van der Waals surface area (Å²) in [6, 6.07) is 12.3. The van der Waals surface area contributed by atoms with Crippen LogP contribution in [0.15, 0.2) is 42.6 Å². The van der Waals surface area contributed by atoms with Crippen LogP contribution in [0.5, 0.6) is 0 Å². The molecule has 0 atom stereocenters. The predicted octanol–water partition coefficient (Wildman–Crippen LogP) is 4.27. The van der Waals surface area contributed by atoms with Crippen LogP contribution in [-0.4, -0.2) is 9.38 Å². The van der Waals surface area contributed by atoms with Crippen molar-refractivity contribution in [3.8, 4) is 11.4 Å². The van der Waals surface area contributed by atoms with E-state index in [-0.39, 0.29) is 0 Å². The molecule has 2 heterocycles. The Kier molecular flexibility index (Phi) is 2.60. The van der Waals surface area contributed by atoms with E-state index in [0.717, 1.165) is 16.9 Å². The van der Waals surface area contributed by atoms with Gasteiger partial charge in [0.2, 0.25) is 0 Å². The summed E-state index contributed by atoms with van der Waals surface area (Å²) in [5, 5.41) is 0.553. The molecule has 1 aromatic carbocycles. The molecule has 2 nitrogen and oxygen atoms in total. The Bertz CT molecular complexity index is 728. The van der Waals surface area contributed by atoms with E-state index in [0.29, 0.717) is 5.15 Å². The topological polar surface area (TPSA) is 17.3 Å². The quantitative estimate of drug-likeness (QED) is 0.636. The fourth-order valence-electron chi connectivity index (χ4n) is 2.17. The molecular formula is C15H13ClN2. The van der Waals surface area contributed by atoms with E-state index < -0.39 is 0 Å². The molecule has 0 aliphatic carbocycles. The van der Waals surface area contributed by atoms with Crippen LogP contribution >= 0.6 is 11.6 Å². The monoisotopic (exact) mass is 256 g/mol. The van der Waals surface area contributed by atoms with E-state index in [1.54, 1.807) is 0 Å². The van der Waals surface area contributed by atoms with Crippen molar-refractivity contribution in [1.82, 2.24) is 9.38 Å². The van der Waals surface area contributed by atoms with Crippen molar-refractivity contribution in [3.05, 3.63) is 58.9 Å². The Morgan fingerprint density at radius 1 is 1.11 bits per heavy atom. The number of benzene rings is 1. The summed E-state index contributed by atoms with van der Waals surface area (Å²) in [6.07, 6.45) is 2.02. The average molecular weight is 257 g/mol. The third kappa shape index (κ3) is 1.70. The van der Waals surface area contributed by atoms with Gasteiger partial charge in [-0.25, -0.2) is 4.98 Å². The van der Waals surface area contributed by atoms with Gasteiger partial charge in [-0.1, -0.05) is 35.9 Å². The molecule has 0 saturated heterocycles. The van der Waals surface area contributed by atoms with Gasteiger partial charge in [-0.15, -0.1) is 0 Å². The highest BCUT2D eigenvalue weighted by atomic mass is 35.5. The minimum Gasteiger partial charge on any atom is -0.298 e. The van der Waals surface area contributed by atoms with E-state index in [1.807, 2.05) is 22.7 Å². The smallest absolute Gasteiger partial charge is 0.155 e. The molecule has 0 fully saturated rings. The number of imidazole rings is 1. The van der Waals surface area contributed by atoms with Gasteiger partial charge in [0.1, 0.15) is 5.82 Å². The Labute approximate surface area is 111 Å². The molecule has 0 N–H and O–H groups in total. The fraction of sp³-hybridized carbons (Fsp3) is 0.133. The molecule has 0 radical (unpaired) electrons. The Morgan fingerprint density at radius 2 is 1.89 bits per heavy atom. The fourth-order valence-corrected chi connectivity index (χ4v) is 2.39. The summed E-state index contributed by atoms with van der Waals surface area (Å²) in [5.41, 5.74) is 4.44. The van der Waals surface area contributed by atoms with Crippen LogP contribution in [0.25, 0.3) is 16.9 Å². The highest BCUT2D eigenvalue weighted by Crippen LogP contribution is 2.28. The molecule has 3 rings (SSSR count). The number of hydrogen-bond acceptors (Lipinski definition) is 1. The first-order valence-corrected chi connectivity index (χ1v) is 6.25. The van der Waals surface area contributed by atoms with Crippen molar-refractivity contribution in [1.29, 1.82) is 0 Å². The zero-order chi connectivity index (χ0) is 12.7. The minimum atomic E-state index is 0.553. The molecule has 0 unspecified atom stereocenters. The second-order valence-electron chi connectivity index (χ2n) is 4.50. The van der Waals surface area contributed by atoms with E-state index in [9.17, 15) is 0 Å². The summed E-state index contributed by atoms with van der Waals surface area (Å²) in [6.45, 7) is 4.13. The summed E-state index contributed by atoms with van der Waals surface area (Å²) in [4.78, 5) is 4.49. The highest BCUT2D eigenvalue weighted by Gasteiger charge is 2.12. The molecule has 3 heteroatoms. The molecule has 0 saturated carbocycles. The summed E-state index contributed by atoms with van der Waals surface area (Å²) in [5.74, 6) is 0.896. The average Bonchev–Trinajstić information content (AvgIpc) is 2.67. The molecule has 0 aliphatic rings. The molecule has 0 amide bonds. The van der Waals surface area contributed by atoms with Gasteiger partial charge in [0.15, 0.2) is 5.15 Å². The number of nitrogens with zero attached hydrogens (tertiary/aromatic N) is 2. The van der Waals surface area contributed by atoms with E-state index >= 15 is 0 Å². The molecule has 0 bridgehead atoms. The normalized spacial score (nSPS) is 11.1. The van der Waals surface area contributed by atoms with Crippen LogP contribution in [0.3, 0.4) is 0 Å². The van der Waals surface area contributed by atoms with E-state index in [1.165, 1.54) is 11.1 Å². The number of aryl methyl sites for hydroxylation is 2. The van der Waals surface area contributed by atoms with E-state index in [2.05, 4.69) is 43.1 Å². The van der Waals surface area contributed by atoms with Crippen LogP contribution in [-0.2, 0) is 0 Å². The number of rotatable bonds is 1. The third-order valence-corrected chi connectivity index (χ3v) is 3.42. The second kappa shape index (κ2) is 4.14. The van der Waals surface area contributed by atoms with Crippen LogP contribution in [0.4, 0.5) is 0 Å². The van der Waals surface area contributed by atoms with Crippen molar-refractivity contribution >= 4 is 17.1 Å². The summed E-state index contributed by atoms with van der Waals surface area (Å²) in [7, 11) is 0. The Balaban J connectivity index is 2.34. The first-order chi connectivity index (χ1) is 8.66. The predicted molar refractivity (Wildman–Crippen MR) is 75.1 cm³/mol. The van der Waals surface area contributed by atoms with Gasteiger partial charge in [-0.3, -0.25) is 4.40 Å². The zero-order valence-electron chi connectivity index (χ0n) is 10.3. The number of hydrogen-bond donors (Lipinski definition) is 0. The van der Waals surface area contributed by atoms with Crippen molar-refractivity contribution < 1.29 is 0 Å². The lowest BCUT2D eigenvalue weighted by atomic mass is 10.1. The summed E-state index contributed by atoms with van der Waals surface area (Å²) < 4.78 is 2.04. The standard InChI is InChI=1S/C15H13ClN2/c1-10-7-8-18-13(9-10)14(16)17-15(18)12-6-4-3-5-11(12)2/h3-9H,1-2H3. The van der Waals surface area contributed by atoms with E-state index in [4.69, 9.17) is 11.6 Å². The molecule has 18 heavy (non-hydrogen) atoms. The maximum atomic E-state index is 6.22. The van der Waals surface area contributed by atoms with Gasteiger partial charge in [-0.05, 0) is 37.1 Å². The Hall–Kier alpha value is -1.80. The summed E-state index contributed by atoms with van der Waals surface area (Å²) >= 11 is 6.22. The zero-order valence-corrected chi connectivity index (χ0v) is 11.1. The molecule has 90 valence electrons. The van der Waals surface area contributed by atoms with Crippen LogP contribution < -0.4 is 0 Å².